The predicted octanol–water partition coefficient (Wildman–Crippen LogP) is -1.04. The second-order valence-corrected chi connectivity index (χ2v) is 5.28. The van der Waals surface area contributed by atoms with Gasteiger partial charge in [-0.2, -0.15) is 0 Å². The van der Waals surface area contributed by atoms with Gasteiger partial charge >= 0.3 is 5.97 Å². The Kier molecular flexibility index (Phi) is 4.55. The van der Waals surface area contributed by atoms with Gasteiger partial charge in [-0.25, -0.2) is 8.42 Å². The van der Waals surface area contributed by atoms with E-state index in [-0.39, 0.29) is 12.2 Å². The highest BCUT2D eigenvalue weighted by Crippen LogP contribution is 1.94. The van der Waals surface area contributed by atoms with E-state index < -0.39 is 28.3 Å². The summed E-state index contributed by atoms with van der Waals surface area (Å²) in [6.45, 7) is -0.414. The van der Waals surface area contributed by atoms with Crippen molar-refractivity contribution in [3.05, 3.63) is 0 Å². The van der Waals surface area contributed by atoms with Gasteiger partial charge in [-0.15, -0.1) is 0 Å². The highest BCUT2D eigenvalue weighted by Gasteiger charge is 2.14. The van der Waals surface area contributed by atoms with Gasteiger partial charge in [0.1, 0.15) is 16.4 Å². The molecule has 0 bridgehead atoms. The highest BCUT2D eigenvalue weighted by atomic mass is 32.2. The maximum absolute atomic E-state index is 11.1. The number of carboxylic acid groups (broad SMARTS) is 1. The first kappa shape index (κ1) is 12.9. The molecule has 0 aliphatic rings. The number of carbonyl (C=O) groups is 2. The topological polar surface area (TPSA) is 91.8 Å². The Morgan fingerprint density at radius 1 is 1.36 bits per heavy atom. The zero-order chi connectivity index (χ0) is 11.4. The zero-order valence-corrected chi connectivity index (χ0v) is 8.87. The monoisotopic (exact) mass is 223 g/mol. The summed E-state index contributed by atoms with van der Waals surface area (Å²) in [6, 6.07) is 0. The lowest BCUT2D eigenvalue weighted by atomic mass is 10.4. The molecule has 6 nitrogen and oxygen atoms in total. The van der Waals surface area contributed by atoms with Gasteiger partial charge in [-0.3, -0.25) is 9.59 Å². The number of likely N-dealkylation sites (N-methyl/N-ethyl adjacent to an activating group) is 1. The van der Waals surface area contributed by atoms with Gasteiger partial charge in [-0.1, -0.05) is 0 Å². The number of hydrogen-bond acceptors (Lipinski definition) is 4. The minimum absolute atomic E-state index is 0.178. The molecule has 0 saturated carbocycles. The van der Waals surface area contributed by atoms with Crippen LogP contribution in [0.5, 0.6) is 0 Å². The minimum atomic E-state index is -3.18. The van der Waals surface area contributed by atoms with Gasteiger partial charge in [0, 0.05) is 19.7 Å². The summed E-state index contributed by atoms with van der Waals surface area (Å²) >= 11 is 0. The number of amides is 1. The molecule has 14 heavy (non-hydrogen) atoms. The molecular formula is C7H13NO5S. The molecule has 0 rings (SSSR count). The van der Waals surface area contributed by atoms with Crippen LogP contribution in [0.3, 0.4) is 0 Å². The van der Waals surface area contributed by atoms with Crippen LogP contribution in [0.4, 0.5) is 0 Å². The number of rotatable bonds is 5. The van der Waals surface area contributed by atoms with E-state index in [0.717, 1.165) is 11.2 Å². The molecule has 0 heterocycles. The van der Waals surface area contributed by atoms with Crippen LogP contribution in [0.15, 0.2) is 0 Å². The number of sulfone groups is 1. The van der Waals surface area contributed by atoms with Gasteiger partial charge in [0.25, 0.3) is 0 Å². The third-order valence-electron chi connectivity index (χ3n) is 1.48. The third kappa shape index (κ3) is 6.41. The Balaban J connectivity index is 4.03. The summed E-state index contributed by atoms with van der Waals surface area (Å²) in [5.41, 5.74) is 0. The third-order valence-corrected chi connectivity index (χ3v) is 2.43. The molecule has 0 fully saturated rings. The summed E-state index contributed by atoms with van der Waals surface area (Å²) in [4.78, 5) is 22.3. The molecular weight excluding hydrogens is 210 g/mol. The zero-order valence-electron chi connectivity index (χ0n) is 8.06. The van der Waals surface area contributed by atoms with Crippen LogP contribution in [0, 0.1) is 0 Å². The molecule has 7 heteroatoms. The van der Waals surface area contributed by atoms with E-state index in [0.29, 0.717) is 0 Å². The fourth-order valence-corrected chi connectivity index (χ4v) is 1.30. The van der Waals surface area contributed by atoms with E-state index in [1.54, 1.807) is 0 Å². The lowest BCUT2D eigenvalue weighted by Gasteiger charge is -2.13. The van der Waals surface area contributed by atoms with Crippen LogP contribution in [-0.2, 0) is 19.4 Å². The molecule has 0 aromatic carbocycles. The maximum Gasteiger partial charge on any atom is 0.323 e. The van der Waals surface area contributed by atoms with E-state index >= 15 is 0 Å². The highest BCUT2D eigenvalue weighted by molar-refractivity contribution is 7.90. The smallest absolute Gasteiger partial charge is 0.323 e. The van der Waals surface area contributed by atoms with Crippen molar-refractivity contribution in [3.8, 4) is 0 Å². The Morgan fingerprint density at radius 2 is 1.86 bits per heavy atom. The number of hydrogen-bond donors (Lipinski definition) is 1. The lowest BCUT2D eigenvalue weighted by molar-refractivity contribution is -0.143. The Bertz CT molecular complexity index is 321. The van der Waals surface area contributed by atoms with Gasteiger partial charge in [-0.05, 0) is 0 Å². The van der Waals surface area contributed by atoms with Gasteiger partial charge in [0.2, 0.25) is 5.91 Å². The van der Waals surface area contributed by atoms with Crippen LogP contribution in [0.2, 0.25) is 0 Å². The number of aliphatic carboxylic acids is 1. The predicted molar refractivity (Wildman–Crippen MR) is 49.6 cm³/mol. The van der Waals surface area contributed by atoms with Crippen molar-refractivity contribution in [1.29, 1.82) is 0 Å². The molecule has 1 amide bonds. The molecule has 0 aliphatic carbocycles. The summed E-state index contributed by atoms with van der Waals surface area (Å²) in [5.74, 6) is -1.87. The van der Waals surface area contributed by atoms with Gasteiger partial charge < -0.3 is 10.0 Å². The van der Waals surface area contributed by atoms with E-state index in [2.05, 4.69) is 0 Å². The number of carboxylic acids is 1. The van der Waals surface area contributed by atoms with Crippen LogP contribution in [0.1, 0.15) is 6.42 Å². The fourth-order valence-electron chi connectivity index (χ4n) is 0.755. The van der Waals surface area contributed by atoms with Crippen molar-refractivity contribution in [3.63, 3.8) is 0 Å². The first-order valence-electron chi connectivity index (χ1n) is 3.86. The average molecular weight is 223 g/mol. The number of carbonyl (C=O) groups excluding carboxylic acids is 1. The van der Waals surface area contributed by atoms with Crippen molar-refractivity contribution >= 4 is 21.7 Å². The summed E-state index contributed by atoms with van der Waals surface area (Å²) in [5, 5.41) is 8.35. The normalized spacial score (nSPS) is 11.0. The Hall–Kier alpha value is -1.11. The summed E-state index contributed by atoms with van der Waals surface area (Å²) < 4.78 is 21.4. The van der Waals surface area contributed by atoms with Crippen LogP contribution < -0.4 is 0 Å². The maximum atomic E-state index is 11.1. The standard InChI is InChI=1S/C7H13NO5S/c1-8(5-7(10)11)6(9)3-4-14(2,12)13/h3-5H2,1-2H3,(H,10,11). The first-order valence-corrected chi connectivity index (χ1v) is 5.92. The second kappa shape index (κ2) is 4.94. The van der Waals surface area contributed by atoms with Crippen LogP contribution in [-0.4, -0.2) is 55.9 Å². The first-order chi connectivity index (χ1) is 6.22. The molecule has 0 saturated heterocycles. The minimum Gasteiger partial charge on any atom is -0.480 e. The van der Waals surface area contributed by atoms with Crippen molar-refractivity contribution in [2.45, 2.75) is 6.42 Å². The van der Waals surface area contributed by atoms with Crippen LogP contribution in [0.25, 0.3) is 0 Å². The largest absolute Gasteiger partial charge is 0.480 e. The molecule has 0 aromatic rings. The number of nitrogens with zero attached hydrogens (tertiary/aromatic N) is 1. The van der Waals surface area contributed by atoms with Crippen molar-refractivity contribution in [1.82, 2.24) is 4.90 Å². The van der Waals surface area contributed by atoms with Crippen molar-refractivity contribution < 1.29 is 23.1 Å². The van der Waals surface area contributed by atoms with Gasteiger partial charge in [0.15, 0.2) is 0 Å². The molecule has 1 N–H and O–H groups in total. The molecule has 0 radical (unpaired) electrons. The SMILES string of the molecule is CN(CC(=O)O)C(=O)CCS(C)(=O)=O. The molecule has 0 unspecified atom stereocenters. The molecule has 0 spiro atoms. The Morgan fingerprint density at radius 3 is 2.21 bits per heavy atom. The molecule has 0 atom stereocenters. The quantitative estimate of drug-likeness (QED) is 0.643. The molecule has 0 aromatic heterocycles. The summed E-state index contributed by atoms with van der Waals surface area (Å²) in [6.07, 6.45) is 0.847. The van der Waals surface area contributed by atoms with Crippen molar-refractivity contribution in [2.75, 3.05) is 25.6 Å². The van der Waals surface area contributed by atoms with Crippen molar-refractivity contribution in [2.24, 2.45) is 0 Å². The van der Waals surface area contributed by atoms with Crippen LogP contribution >= 0.6 is 0 Å². The van der Waals surface area contributed by atoms with Gasteiger partial charge in [0.05, 0.1) is 5.75 Å². The van der Waals surface area contributed by atoms with E-state index in [1.807, 2.05) is 0 Å². The Labute approximate surface area is 82.4 Å². The van der Waals surface area contributed by atoms with E-state index in [4.69, 9.17) is 5.11 Å². The lowest BCUT2D eigenvalue weighted by Crippen LogP contribution is -2.32. The second-order valence-electron chi connectivity index (χ2n) is 3.02. The van der Waals surface area contributed by atoms with E-state index in [1.165, 1.54) is 7.05 Å². The fraction of sp³-hybridized carbons (Fsp3) is 0.714. The summed E-state index contributed by atoms with van der Waals surface area (Å²) in [7, 11) is -1.86. The molecule has 82 valence electrons. The average Bonchev–Trinajstić information content (AvgIpc) is 1.97. The van der Waals surface area contributed by atoms with E-state index in [9.17, 15) is 18.0 Å². The molecule has 0 aliphatic heterocycles.